The number of nitrogens with one attached hydrogen (secondary N) is 3. The second kappa shape index (κ2) is 10.3. The van der Waals surface area contributed by atoms with Gasteiger partial charge < -0.3 is 10.6 Å². The molecule has 142 valence electrons. The maximum Gasteiger partial charge on any atom is 0.258 e. The van der Waals surface area contributed by atoms with Crippen LogP contribution in [0.2, 0.25) is 10.0 Å². The molecule has 0 unspecified atom stereocenters. The minimum absolute atomic E-state index is 0.0412. The van der Waals surface area contributed by atoms with Gasteiger partial charge in [0.2, 0.25) is 5.91 Å². The maximum atomic E-state index is 12.3. The van der Waals surface area contributed by atoms with Crippen LogP contribution in [0.5, 0.6) is 0 Å². The Kier molecular flexibility index (Phi) is 8.03. The van der Waals surface area contributed by atoms with E-state index in [4.69, 9.17) is 35.4 Å². The van der Waals surface area contributed by atoms with Crippen LogP contribution < -0.4 is 16.0 Å². The number of halogens is 2. The second-order valence-electron chi connectivity index (χ2n) is 5.76. The van der Waals surface area contributed by atoms with Crippen molar-refractivity contribution in [3.05, 3.63) is 58.1 Å². The van der Waals surface area contributed by atoms with Crippen molar-refractivity contribution in [1.29, 1.82) is 0 Å². The number of rotatable bonds is 6. The molecule has 0 aromatic heterocycles. The Morgan fingerprint density at radius 3 is 2.44 bits per heavy atom. The van der Waals surface area contributed by atoms with Crippen LogP contribution >= 0.6 is 35.4 Å². The number of benzene rings is 2. The normalized spacial score (nSPS) is 10.2. The van der Waals surface area contributed by atoms with Crippen LogP contribution in [0.25, 0.3) is 0 Å². The summed E-state index contributed by atoms with van der Waals surface area (Å²) in [5.41, 5.74) is 1.50. The molecule has 0 fully saturated rings. The molecule has 0 aliphatic carbocycles. The molecule has 0 saturated carbocycles. The molecule has 27 heavy (non-hydrogen) atoms. The van der Waals surface area contributed by atoms with Crippen molar-refractivity contribution < 1.29 is 9.59 Å². The van der Waals surface area contributed by atoms with Gasteiger partial charge in [-0.3, -0.25) is 14.9 Å². The van der Waals surface area contributed by atoms with Crippen molar-refractivity contribution in [3.8, 4) is 0 Å². The lowest BCUT2D eigenvalue weighted by atomic mass is 10.2. The number of amides is 2. The van der Waals surface area contributed by atoms with E-state index in [9.17, 15) is 9.59 Å². The molecule has 0 aliphatic rings. The molecule has 2 rings (SSSR count). The van der Waals surface area contributed by atoms with Gasteiger partial charge in [-0.15, -0.1) is 0 Å². The lowest BCUT2D eigenvalue weighted by Crippen LogP contribution is -2.34. The summed E-state index contributed by atoms with van der Waals surface area (Å²) < 4.78 is 0. The molecule has 2 aromatic carbocycles. The third kappa shape index (κ3) is 6.82. The Morgan fingerprint density at radius 2 is 1.74 bits per heavy atom. The van der Waals surface area contributed by atoms with E-state index in [1.807, 2.05) is 6.92 Å². The van der Waals surface area contributed by atoms with Crippen molar-refractivity contribution in [2.45, 2.75) is 26.2 Å². The fraction of sp³-hybridized carbons (Fsp3) is 0.211. The smallest absolute Gasteiger partial charge is 0.258 e. The van der Waals surface area contributed by atoms with Crippen molar-refractivity contribution >= 4 is 63.7 Å². The SMILES string of the molecule is CCCCC(=O)Nc1cccc(NC(=S)NC(=O)c2cc(Cl)ccc2Cl)c1. The Morgan fingerprint density at radius 1 is 1.04 bits per heavy atom. The Bertz CT molecular complexity index is 859. The molecule has 8 heteroatoms. The summed E-state index contributed by atoms with van der Waals surface area (Å²) in [7, 11) is 0. The van der Waals surface area contributed by atoms with Gasteiger partial charge >= 0.3 is 0 Å². The predicted octanol–water partition coefficient (Wildman–Crippen LogP) is 5.25. The van der Waals surface area contributed by atoms with Gasteiger partial charge in [-0.25, -0.2) is 0 Å². The summed E-state index contributed by atoms with van der Waals surface area (Å²) in [4.78, 5) is 24.1. The Balaban J connectivity index is 1.97. The van der Waals surface area contributed by atoms with E-state index >= 15 is 0 Å². The summed E-state index contributed by atoms with van der Waals surface area (Å²) in [6.45, 7) is 2.03. The van der Waals surface area contributed by atoms with Crippen LogP contribution in [-0.2, 0) is 4.79 Å². The Labute approximate surface area is 173 Å². The number of thiocarbonyl (C=S) groups is 1. The number of anilines is 2. The van der Waals surface area contributed by atoms with Crippen LogP contribution in [0.1, 0.15) is 36.5 Å². The minimum Gasteiger partial charge on any atom is -0.332 e. The number of hydrogen-bond acceptors (Lipinski definition) is 3. The van der Waals surface area contributed by atoms with Crippen molar-refractivity contribution in [2.75, 3.05) is 10.6 Å². The van der Waals surface area contributed by atoms with Crippen molar-refractivity contribution in [2.24, 2.45) is 0 Å². The molecule has 0 bridgehead atoms. The van der Waals surface area contributed by atoms with Gasteiger partial charge in [0.1, 0.15) is 0 Å². The summed E-state index contributed by atoms with van der Waals surface area (Å²) >= 11 is 17.1. The van der Waals surface area contributed by atoms with E-state index in [0.29, 0.717) is 22.8 Å². The summed E-state index contributed by atoms with van der Waals surface area (Å²) in [6, 6.07) is 11.7. The van der Waals surface area contributed by atoms with Gasteiger partial charge in [0.15, 0.2) is 5.11 Å². The summed E-state index contributed by atoms with van der Waals surface area (Å²) in [5, 5.41) is 9.06. The monoisotopic (exact) mass is 423 g/mol. The first-order valence-electron chi connectivity index (χ1n) is 8.36. The molecular weight excluding hydrogens is 405 g/mol. The third-order valence-electron chi connectivity index (χ3n) is 3.56. The molecule has 0 radical (unpaired) electrons. The zero-order valence-corrected chi connectivity index (χ0v) is 17.0. The van der Waals surface area contributed by atoms with E-state index in [-0.39, 0.29) is 21.6 Å². The highest BCUT2D eigenvalue weighted by atomic mass is 35.5. The largest absolute Gasteiger partial charge is 0.332 e. The first-order valence-corrected chi connectivity index (χ1v) is 9.52. The highest BCUT2D eigenvalue weighted by Crippen LogP contribution is 2.20. The molecule has 5 nitrogen and oxygen atoms in total. The highest BCUT2D eigenvalue weighted by Gasteiger charge is 2.13. The van der Waals surface area contributed by atoms with E-state index in [0.717, 1.165) is 12.8 Å². The molecule has 2 aromatic rings. The second-order valence-corrected chi connectivity index (χ2v) is 7.02. The molecule has 0 spiro atoms. The summed E-state index contributed by atoms with van der Waals surface area (Å²) in [6.07, 6.45) is 2.27. The van der Waals surface area contributed by atoms with E-state index in [1.165, 1.54) is 6.07 Å². The number of carbonyl (C=O) groups excluding carboxylic acids is 2. The van der Waals surface area contributed by atoms with E-state index in [1.54, 1.807) is 36.4 Å². The molecule has 2 amide bonds. The van der Waals surface area contributed by atoms with E-state index in [2.05, 4.69) is 16.0 Å². The molecule has 0 saturated heterocycles. The Hall–Kier alpha value is -2.15. The summed E-state index contributed by atoms with van der Waals surface area (Å²) in [5.74, 6) is -0.510. The lowest BCUT2D eigenvalue weighted by molar-refractivity contribution is -0.116. The lowest BCUT2D eigenvalue weighted by Gasteiger charge is -2.12. The van der Waals surface area contributed by atoms with E-state index < -0.39 is 5.91 Å². The van der Waals surface area contributed by atoms with Gasteiger partial charge in [0.25, 0.3) is 5.91 Å². The maximum absolute atomic E-state index is 12.3. The molecular formula is C19H19Cl2N3O2S. The first kappa shape index (κ1) is 21.2. The average molecular weight is 424 g/mol. The van der Waals surface area contributed by atoms with Crippen LogP contribution in [-0.4, -0.2) is 16.9 Å². The van der Waals surface area contributed by atoms with Crippen LogP contribution in [0.4, 0.5) is 11.4 Å². The van der Waals surface area contributed by atoms with Crippen molar-refractivity contribution in [1.82, 2.24) is 5.32 Å². The molecule has 0 aliphatic heterocycles. The molecule has 3 N–H and O–H groups in total. The topological polar surface area (TPSA) is 70.2 Å². The van der Waals surface area contributed by atoms with Crippen LogP contribution in [0, 0.1) is 0 Å². The van der Waals surface area contributed by atoms with Gasteiger partial charge in [0, 0.05) is 22.8 Å². The van der Waals surface area contributed by atoms with Crippen LogP contribution in [0.15, 0.2) is 42.5 Å². The zero-order valence-electron chi connectivity index (χ0n) is 14.6. The van der Waals surface area contributed by atoms with Gasteiger partial charge in [-0.1, -0.05) is 42.6 Å². The first-order chi connectivity index (χ1) is 12.9. The molecule has 0 heterocycles. The number of carbonyl (C=O) groups is 2. The number of unbranched alkanes of at least 4 members (excludes halogenated alkanes) is 1. The fourth-order valence-electron chi connectivity index (χ4n) is 2.24. The average Bonchev–Trinajstić information content (AvgIpc) is 2.62. The predicted molar refractivity (Wildman–Crippen MR) is 115 cm³/mol. The standard InChI is InChI=1S/C19H19Cl2N3O2S/c1-2-3-7-17(25)22-13-5-4-6-14(11-13)23-19(27)24-18(26)15-10-12(20)8-9-16(15)21/h4-6,8-11H,2-3,7H2,1H3,(H,22,25)(H2,23,24,26,27). The zero-order chi connectivity index (χ0) is 19.8. The minimum atomic E-state index is -0.468. The molecule has 0 atom stereocenters. The quantitative estimate of drug-likeness (QED) is 0.554. The van der Waals surface area contributed by atoms with Crippen molar-refractivity contribution in [3.63, 3.8) is 0 Å². The third-order valence-corrected chi connectivity index (χ3v) is 4.33. The highest BCUT2D eigenvalue weighted by molar-refractivity contribution is 7.80. The fourth-order valence-corrected chi connectivity index (χ4v) is 2.83. The number of hydrogen-bond donors (Lipinski definition) is 3. The van der Waals surface area contributed by atoms with Gasteiger partial charge in [-0.05, 0) is 55.0 Å². The van der Waals surface area contributed by atoms with Gasteiger partial charge in [0.05, 0.1) is 10.6 Å². The van der Waals surface area contributed by atoms with Gasteiger partial charge in [-0.2, -0.15) is 0 Å². The van der Waals surface area contributed by atoms with Crippen LogP contribution in [0.3, 0.4) is 0 Å².